The lowest BCUT2D eigenvalue weighted by Crippen LogP contribution is -1.95. The molecule has 0 bridgehead atoms. The zero-order valence-corrected chi connectivity index (χ0v) is 7.36. The van der Waals surface area contributed by atoms with E-state index in [0.29, 0.717) is 5.88 Å². The highest BCUT2D eigenvalue weighted by molar-refractivity contribution is 5.24. The van der Waals surface area contributed by atoms with Crippen molar-refractivity contribution in [3.63, 3.8) is 0 Å². The summed E-state index contributed by atoms with van der Waals surface area (Å²) >= 11 is 0. The quantitative estimate of drug-likeness (QED) is 0.660. The molecule has 0 atom stereocenters. The molecule has 13 heavy (non-hydrogen) atoms. The lowest BCUT2D eigenvalue weighted by molar-refractivity contribution is 0.408. The predicted molar refractivity (Wildman–Crippen MR) is 48.4 cm³/mol. The molecular formula is C9H10N2O2. The van der Waals surface area contributed by atoms with E-state index in [2.05, 4.69) is 23.1 Å². The largest absolute Gasteiger partial charge is 0.447 e. The number of hydrogen-bond donors (Lipinski definition) is 0. The van der Waals surface area contributed by atoms with E-state index in [-0.39, 0.29) is 6.01 Å². The van der Waals surface area contributed by atoms with Gasteiger partial charge < -0.3 is 9.47 Å². The molecule has 0 aliphatic heterocycles. The standard InChI is InChI=1S/C9H10N2O2/c1-4-12-8-7(3)6-10-9(11-8)13-5-2/h4-6H,1-2H2,3H3. The monoisotopic (exact) mass is 178 g/mol. The highest BCUT2D eigenvalue weighted by Gasteiger charge is 2.03. The van der Waals surface area contributed by atoms with Gasteiger partial charge in [0.25, 0.3) is 0 Å². The summed E-state index contributed by atoms with van der Waals surface area (Å²) in [5.74, 6) is 0.432. The van der Waals surface area contributed by atoms with Crippen LogP contribution in [0.2, 0.25) is 0 Å². The molecule has 0 radical (unpaired) electrons. The lowest BCUT2D eigenvalue weighted by Gasteiger charge is -2.03. The first-order valence-electron chi connectivity index (χ1n) is 3.66. The van der Waals surface area contributed by atoms with Gasteiger partial charge in [-0.3, -0.25) is 0 Å². The molecule has 0 N–H and O–H groups in total. The van der Waals surface area contributed by atoms with Crippen LogP contribution in [0.15, 0.2) is 31.9 Å². The molecule has 1 aromatic heterocycles. The number of aromatic nitrogens is 2. The smallest absolute Gasteiger partial charge is 0.324 e. The van der Waals surface area contributed by atoms with E-state index in [1.807, 2.05) is 6.92 Å². The summed E-state index contributed by atoms with van der Waals surface area (Å²) < 4.78 is 9.90. The molecule has 0 saturated heterocycles. The zero-order valence-electron chi connectivity index (χ0n) is 7.36. The van der Waals surface area contributed by atoms with Gasteiger partial charge in [0.2, 0.25) is 5.88 Å². The Morgan fingerprint density at radius 3 is 2.62 bits per heavy atom. The van der Waals surface area contributed by atoms with Crippen LogP contribution in [0, 0.1) is 6.92 Å². The minimum absolute atomic E-state index is 0.206. The van der Waals surface area contributed by atoms with Crippen LogP contribution in [0.5, 0.6) is 11.9 Å². The van der Waals surface area contributed by atoms with Crippen molar-refractivity contribution in [3.05, 3.63) is 37.4 Å². The first-order valence-corrected chi connectivity index (χ1v) is 3.66. The summed E-state index contributed by atoms with van der Waals surface area (Å²) in [5, 5.41) is 0. The fourth-order valence-corrected chi connectivity index (χ4v) is 0.741. The highest BCUT2D eigenvalue weighted by atomic mass is 16.5. The normalized spacial score (nSPS) is 9.00. The third-order valence-corrected chi connectivity index (χ3v) is 1.29. The second-order valence-electron chi connectivity index (χ2n) is 2.21. The van der Waals surface area contributed by atoms with Crippen LogP contribution in [0.3, 0.4) is 0 Å². The van der Waals surface area contributed by atoms with E-state index < -0.39 is 0 Å². The Hall–Kier alpha value is -1.84. The van der Waals surface area contributed by atoms with Gasteiger partial charge in [-0.25, -0.2) is 4.98 Å². The highest BCUT2D eigenvalue weighted by Crippen LogP contribution is 2.16. The Labute approximate surface area is 76.5 Å². The van der Waals surface area contributed by atoms with Crippen LogP contribution in [-0.4, -0.2) is 9.97 Å². The van der Waals surface area contributed by atoms with Gasteiger partial charge in [-0.15, -0.1) is 0 Å². The molecule has 0 saturated carbocycles. The van der Waals surface area contributed by atoms with Gasteiger partial charge in [-0.1, -0.05) is 13.2 Å². The zero-order chi connectivity index (χ0) is 9.68. The summed E-state index contributed by atoms with van der Waals surface area (Å²) in [6, 6.07) is 0.206. The molecule has 1 heterocycles. The topological polar surface area (TPSA) is 44.2 Å². The van der Waals surface area contributed by atoms with Crippen molar-refractivity contribution < 1.29 is 9.47 Å². The maximum absolute atomic E-state index is 5.02. The van der Waals surface area contributed by atoms with Gasteiger partial charge >= 0.3 is 6.01 Å². The summed E-state index contributed by atoms with van der Waals surface area (Å²) in [7, 11) is 0. The third-order valence-electron chi connectivity index (χ3n) is 1.29. The van der Waals surface area contributed by atoms with E-state index in [9.17, 15) is 0 Å². The lowest BCUT2D eigenvalue weighted by atomic mass is 10.4. The van der Waals surface area contributed by atoms with Crippen LogP contribution in [-0.2, 0) is 0 Å². The molecule has 0 fully saturated rings. The van der Waals surface area contributed by atoms with Crippen molar-refractivity contribution in [3.8, 4) is 11.9 Å². The minimum Gasteiger partial charge on any atom is -0.447 e. The molecule has 0 aromatic carbocycles. The average molecular weight is 178 g/mol. The Bertz CT molecular complexity index is 323. The Morgan fingerprint density at radius 2 is 2.00 bits per heavy atom. The predicted octanol–water partition coefficient (Wildman–Crippen LogP) is 1.83. The Kier molecular flexibility index (Phi) is 3.03. The number of aryl methyl sites for hydroxylation is 1. The van der Waals surface area contributed by atoms with Crippen molar-refractivity contribution in [2.24, 2.45) is 0 Å². The molecular weight excluding hydrogens is 168 g/mol. The fourth-order valence-electron chi connectivity index (χ4n) is 0.741. The van der Waals surface area contributed by atoms with Crippen molar-refractivity contribution >= 4 is 0 Å². The summed E-state index contributed by atoms with van der Waals surface area (Å²) in [6.45, 7) is 8.65. The van der Waals surface area contributed by atoms with Crippen molar-refractivity contribution in [2.75, 3.05) is 0 Å². The molecule has 4 nitrogen and oxygen atoms in total. The van der Waals surface area contributed by atoms with Gasteiger partial charge in [-0.2, -0.15) is 4.98 Å². The fraction of sp³-hybridized carbons (Fsp3) is 0.111. The SMILES string of the molecule is C=COc1ncc(C)c(OC=C)n1. The van der Waals surface area contributed by atoms with Crippen molar-refractivity contribution in [2.45, 2.75) is 6.92 Å². The average Bonchev–Trinajstić information content (AvgIpc) is 2.12. The summed E-state index contributed by atoms with van der Waals surface area (Å²) in [6.07, 6.45) is 4.15. The molecule has 0 amide bonds. The van der Waals surface area contributed by atoms with Gasteiger partial charge in [0.1, 0.15) is 0 Å². The summed E-state index contributed by atoms with van der Waals surface area (Å²) in [5.41, 5.74) is 0.816. The van der Waals surface area contributed by atoms with Gasteiger partial charge in [0, 0.05) is 11.8 Å². The molecule has 0 aliphatic rings. The van der Waals surface area contributed by atoms with Crippen LogP contribution in [0.1, 0.15) is 5.56 Å². The minimum atomic E-state index is 0.206. The molecule has 4 heteroatoms. The maximum Gasteiger partial charge on any atom is 0.324 e. The molecule has 1 rings (SSSR count). The van der Waals surface area contributed by atoms with Gasteiger partial charge in [0.15, 0.2) is 0 Å². The van der Waals surface area contributed by atoms with Crippen LogP contribution < -0.4 is 9.47 Å². The summed E-state index contributed by atoms with van der Waals surface area (Å²) in [4.78, 5) is 7.85. The Balaban J connectivity index is 2.95. The van der Waals surface area contributed by atoms with E-state index in [1.54, 1.807) is 6.20 Å². The van der Waals surface area contributed by atoms with E-state index in [0.717, 1.165) is 5.56 Å². The van der Waals surface area contributed by atoms with Crippen LogP contribution in [0.25, 0.3) is 0 Å². The van der Waals surface area contributed by atoms with E-state index in [1.165, 1.54) is 12.5 Å². The second-order valence-corrected chi connectivity index (χ2v) is 2.21. The van der Waals surface area contributed by atoms with Crippen molar-refractivity contribution in [1.29, 1.82) is 0 Å². The van der Waals surface area contributed by atoms with Crippen LogP contribution in [0.4, 0.5) is 0 Å². The number of nitrogens with zero attached hydrogens (tertiary/aromatic N) is 2. The van der Waals surface area contributed by atoms with Gasteiger partial charge in [0.05, 0.1) is 12.5 Å². The van der Waals surface area contributed by atoms with Crippen molar-refractivity contribution in [1.82, 2.24) is 9.97 Å². The molecule has 0 spiro atoms. The van der Waals surface area contributed by atoms with E-state index >= 15 is 0 Å². The number of hydrogen-bond acceptors (Lipinski definition) is 4. The van der Waals surface area contributed by atoms with E-state index in [4.69, 9.17) is 9.47 Å². The third kappa shape index (κ3) is 2.30. The Morgan fingerprint density at radius 1 is 1.31 bits per heavy atom. The second kappa shape index (κ2) is 4.25. The maximum atomic E-state index is 5.02. The molecule has 1 aromatic rings. The van der Waals surface area contributed by atoms with Gasteiger partial charge in [-0.05, 0) is 6.92 Å². The first kappa shape index (κ1) is 9.25. The number of rotatable bonds is 4. The molecule has 0 aliphatic carbocycles. The molecule has 0 unspecified atom stereocenters. The first-order chi connectivity index (χ1) is 6.27. The number of ether oxygens (including phenoxy) is 2. The molecule has 68 valence electrons. The van der Waals surface area contributed by atoms with Crippen LogP contribution >= 0.6 is 0 Å².